The monoisotopic (exact) mass is 324 g/mol. The topological polar surface area (TPSA) is 90.1 Å². The van der Waals surface area contributed by atoms with Crippen LogP contribution in [-0.4, -0.2) is 20.4 Å². The summed E-state index contributed by atoms with van der Waals surface area (Å²) in [4.78, 5) is 26.8. The van der Waals surface area contributed by atoms with Gasteiger partial charge in [0.15, 0.2) is 0 Å². The molecule has 0 fully saturated rings. The molecule has 0 bridgehead atoms. The Morgan fingerprint density at radius 2 is 2.08 bits per heavy atom. The molecule has 0 spiro atoms. The average molecular weight is 324 g/mol. The molecule has 3 rings (SSSR count). The molecule has 122 valence electrons. The molecule has 0 aliphatic heterocycles. The molecule has 3 aromatic rings. The van der Waals surface area contributed by atoms with Gasteiger partial charge in [0.05, 0.1) is 28.0 Å². The standard InChI is InChI=1S/C17H16N4O3/c1-12-6-7-13(21(23)24)10-15(12)19-17(22)8-9-20-11-18-14-4-2-3-5-16(14)20/h2-7,10-11H,8-9H2,1H3,(H,19,22). The number of nitro groups is 1. The predicted molar refractivity (Wildman–Crippen MR) is 90.8 cm³/mol. The van der Waals surface area contributed by atoms with Gasteiger partial charge in [-0.15, -0.1) is 0 Å². The van der Waals surface area contributed by atoms with E-state index in [1.165, 1.54) is 12.1 Å². The van der Waals surface area contributed by atoms with E-state index in [1.807, 2.05) is 28.8 Å². The number of para-hydroxylation sites is 2. The van der Waals surface area contributed by atoms with Crippen LogP contribution < -0.4 is 5.32 Å². The first-order valence-electron chi connectivity index (χ1n) is 7.49. The molecule has 0 saturated carbocycles. The Morgan fingerprint density at radius 1 is 1.29 bits per heavy atom. The van der Waals surface area contributed by atoms with E-state index in [0.29, 0.717) is 12.2 Å². The van der Waals surface area contributed by atoms with Gasteiger partial charge in [0.1, 0.15) is 0 Å². The van der Waals surface area contributed by atoms with Crippen LogP contribution in [0.4, 0.5) is 11.4 Å². The van der Waals surface area contributed by atoms with Crippen LogP contribution in [-0.2, 0) is 11.3 Å². The number of amides is 1. The summed E-state index contributed by atoms with van der Waals surface area (Å²) in [5, 5.41) is 13.6. The van der Waals surface area contributed by atoms with E-state index >= 15 is 0 Å². The zero-order valence-electron chi connectivity index (χ0n) is 13.1. The van der Waals surface area contributed by atoms with E-state index in [-0.39, 0.29) is 18.0 Å². The minimum atomic E-state index is -0.479. The summed E-state index contributed by atoms with van der Waals surface area (Å²) in [5.41, 5.74) is 3.05. The van der Waals surface area contributed by atoms with Crippen molar-refractivity contribution in [2.24, 2.45) is 0 Å². The zero-order valence-corrected chi connectivity index (χ0v) is 13.1. The van der Waals surface area contributed by atoms with E-state index in [0.717, 1.165) is 16.6 Å². The van der Waals surface area contributed by atoms with Gasteiger partial charge in [-0.2, -0.15) is 0 Å². The molecule has 1 aromatic heterocycles. The number of carbonyl (C=O) groups is 1. The molecule has 7 heteroatoms. The SMILES string of the molecule is Cc1ccc([N+](=O)[O-])cc1NC(=O)CCn1cnc2ccccc21. The molecule has 24 heavy (non-hydrogen) atoms. The summed E-state index contributed by atoms with van der Waals surface area (Å²) in [5.74, 6) is -0.198. The fourth-order valence-electron chi connectivity index (χ4n) is 2.48. The number of aryl methyl sites for hydroxylation is 2. The second-order valence-corrected chi connectivity index (χ2v) is 5.48. The number of benzene rings is 2. The van der Waals surface area contributed by atoms with Crippen molar-refractivity contribution in [3.63, 3.8) is 0 Å². The van der Waals surface area contributed by atoms with Crippen LogP contribution in [0.1, 0.15) is 12.0 Å². The fourth-order valence-corrected chi connectivity index (χ4v) is 2.48. The highest BCUT2D eigenvalue weighted by Gasteiger charge is 2.11. The highest BCUT2D eigenvalue weighted by Crippen LogP contribution is 2.22. The van der Waals surface area contributed by atoms with Crippen LogP contribution in [0.3, 0.4) is 0 Å². The maximum absolute atomic E-state index is 12.2. The van der Waals surface area contributed by atoms with E-state index in [1.54, 1.807) is 19.3 Å². The number of nitro benzene ring substituents is 1. The van der Waals surface area contributed by atoms with Crippen LogP contribution >= 0.6 is 0 Å². The average Bonchev–Trinajstić information content (AvgIpc) is 2.98. The van der Waals surface area contributed by atoms with Crippen LogP contribution in [0, 0.1) is 17.0 Å². The third kappa shape index (κ3) is 3.24. The number of hydrogen-bond donors (Lipinski definition) is 1. The second-order valence-electron chi connectivity index (χ2n) is 5.48. The Hall–Kier alpha value is -3.22. The van der Waals surface area contributed by atoms with Crippen LogP contribution in [0.15, 0.2) is 48.8 Å². The lowest BCUT2D eigenvalue weighted by Crippen LogP contribution is -2.15. The van der Waals surface area contributed by atoms with Crippen molar-refractivity contribution in [2.75, 3.05) is 5.32 Å². The molecule has 0 atom stereocenters. The Labute approximate surface area is 138 Å². The van der Waals surface area contributed by atoms with Crippen molar-refractivity contribution in [3.8, 4) is 0 Å². The number of aromatic nitrogens is 2. The first-order valence-corrected chi connectivity index (χ1v) is 7.49. The lowest BCUT2D eigenvalue weighted by atomic mass is 10.1. The molecule has 1 N–H and O–H groups in total. The summed E-state index contributed by atoms with van der Waals surface area (Å²) >= 11 is 0. The Balaban J connectivity index is 1.68. The molecule has 0 radical (unpaired) electrons. The smallest absolute Gasteiger partial charge is 0.271 e. The van der Waals surface area contributed by atoms with Crippen molar-refractivity contribution in [1.82, 2.24) is 9.55 Å². The maximum Gasteiger partial charge on any atom is 0.271 e. The van der Waals surface area contributed by atoms with E-state index in [2.05, 4.69) is 10.3 Å². The fraction of sp³-hybridized carbons (Fsp3) is 0.176. The van der Waals surface area contributed by atoms with Crippen LogP contribution in [0.2, 0.25) is 0 Å². The number of non-ortho nitro benzene ring substituents is 1. The molecule has 0 unspecified atom stereocenters. The van der Waals surface area contributed by atoms with E-state index < -0.39 is 4.92 Å². The Bertz CT molecular complexity index is 917. The maximum atomic E-state index is 12.2. The van der Waals surface area contributed by atoms with Crippen molar-refractivity contribution in [3.05, 3.63) is 64.5 Å². The number of carbonyl (C=O) groups excluding carboxylic acids is 1. The minimum absolute atomic E-state index is 0.0449. The van der Waals surface area contributed by atoms with E-state index in [9.17, 15) is 14.9 Å². The quantitative estimate of drug-likeness (QED) is 0.576. The highest BCUT2D eigenvalue weighted by atomic mass is 16.6. The number of imidazole rings is 1. The zero-order chi connectivity index (χ0) is 17.1. The lowest BCUT2D eigenvalue weighted by molar-refractivity contribution is -0.384. The molecule has 0 saturated heterocycles. The molecular weight excluding hydrogens is 308 g/mol. The highest BCUT2D eigenvalue weighted by molar-refractivity contribution is 5.92. The first kappa shape index (κ1) is 15.7. The number of hydrogen-bond acceptors (Lipinski definition) is 4. The minimum Gasteiger partial charge on any atom is -0.330 e. The van der Waals surface area contributed by atoms with Crippen LogP contribution in [0.5, 0.6) is 0 Å². The number of nitrogens with zero attached hydrogens (tertiary/aromatic N) is 3. The third-order valence-corrected chi connectivity index (χ3v) is 3.81. The number of anilines is 1. The van der Waals surface area contributed by atoms with Crippen LogP contribution in [0.25, 0.3) is 11.0 Å². The van der Waals surface area contributed by atoms with Gasteiger partial charge in [-0.05, 0) is 24.6 Å². The van der Waals surface area contributed by atoms with Crippen molar-refractivity contribution < 1.29 is 9.72 Å². The normalized spacial score (nSPS) is 10.7. The molecular formula is C17H16N4O3. The van der Waals surface area contributed by atoms with Crippen molar-refractivity contribution in [2.45, 2.75) is 19.9 Å². The molecule has 0 aliphatic rings. The predicted octanol–water partition coefficient (Wildman–Crippen LogP) is 3.28. The van der Waals surface area contributed by atoms with Gasteiger partial charge < -0.3 is 9.88 Å². The second kappa shape index (κ2) is 6.49. The molecule has 0 aliphatic carbocycles. The first-order chi connectivity index (χ1) is 11.5. The van der Waals surface area contributed by atoms with Gasteiger partial charge in [-0.25, -0.2) is 4.98 Å². The van der Waals surface area contributed by atoms with Gasteiger partial charge in [-0.1, -0.05) is 18.2 Å². The van der Waals surface area contributed by atoms with Crippen molar-refractivity contribution in [1.29, 1.82) is 0 Å². The Kier molecular flexibility index (Phi) is 4.24. The summed E-state index contributed by atoms with van der Waals surface area (Å²) in [6.07, 6.45) is 1.96. The summed E-state index contributed by atoms with van der Waals surface area (Å²) in [6.45, 7) is 2.28. The number of fused-ring (bicyclic) bond motifs is 1. The van der Waals surface area contributed by atoms with E-state index in [4.69, 9.17) is 0 Å². The van der Waals surface area contributed by atoms with Gasteiger partial charge in [-0.3, -0.25) is 14.9 Å². The lowest BCUT2D eigenvalue weighted by Gasteiger charge is -2.09. The van der Waals surface area contributed by atoms with Gasteiger partial charge in [0.25, 0.3) is 5.69 Å². The van der Waals surface area contributed by atoms with Gasteiger partial charge >= 0.3 is 0 Å². The third-order valence-electron chi connectivity index (χ3n) is 3.81. The molecule has 7 nitrogen and oxygen atoms in total. The van der Waals surface area contributed by atoms with Gasteiger partial charge in [0.2, 0.25) is 5.91 Å². The summed E-state index contributed by atoms with van der Waals surface area (Å²) in [7, 11) is 0. The summed E-state index contributed by atoms with van der Waals surface area (Å²) in [6, 6.07) is 12.1. The molecule has 2 aromatic carbocycles. The molecule has 1 amide bonds. The largest absolute Gasteiger partial charge is 0.330 e. The number of nitrogens with one attached hydrogen (secondary N) is 1. The Morgan fingerprint density at radius 3 is 2.88 bits per heavy atom. The van der Waals surface area contributed by atoms with Crippen molar-refractivity contribution >= 4 is 28.3 Å². The summed E-state index contributed by atoms with van der Waals surface area (Å²) < 4.78 is 1.91. The molecule has 1 heterocycles. The van der Waals surface area contributed by atoms with Gasteiger partial charge in [0, 0.05) is 25.1 Å². The number of rotatable bonds is 5.